The molecule has 0 amide bonds. The third kappa shape index (κ3) is 1.33. The first-order valence-corrected chi connectivity index (χ1v) is 4.20. The minimum absolute atomic E-state index is 0.345. The first-order chi connectivity index (χ1) is 6.72. The molecular formula is C8H10N2O4. The summed E-state index contributed by atoms with van der Waals surface area (Å²) in [6.45, 7) is 0.378. The number of aromatic nitrogens is 1. The van der Waals surface area contributed by atoms with Crippen molar-refractivity contribution in [2.75, 3.05) is 7.11 Å². The normalized spacial score (nSPS) is 20.2. The topological polar surface area (TPSA) is 84.6 Å². The molecule has 0 fully saturated rings. The molecule has 1 atom stereocenters. The van der Waals surface area contributed by atoms with E-state index in [1.165, 1.54) is 7.11 Å². The molecule has 0 aromatic carbocycles. The molecule has 2 N–H and O–H groups in total. The Hall–Kier alpha value is -1.56. The maximum Gasteiger partial charge on any atom is 0.321 e. The number of aliphatic carboxylic acids is 1. The van der Waals surface area contributed by atoms with E-state index in [1.807, 2.05) is 0 Å². The number of hydrogen-bond donors (Lipinski definition) is 2. The Morgan fingerprint density at radius 2 is 2.57 bits per heavy atom. The standard InChI is InChI=1S/C8H10N2O4/c1-13-7-4-2-5(8(11)12)9-3-6(4)14-10-7/h5,9H,2-3H2,1H3,(H,11,12). The van der Waals surface area contributed by atoms with Gasteiger partial charge in [-0.3, -0.25) is 10.1 Å². The van der Waals surface area contributed by atoms with Crippen LogP contribution >= 0.6 is 0 Å². The lowest BCUT2D eigenvalue weighted by Gasteiger charge is -2.18. The molecule has 2 rings (SSSR count). The average molecular weight is 198 g/mol. The maximum atomic E-state index is 10.7. The zero-order valence-corrected chi connectivity index (χ0v) is 7.61. The molecule has 0 saturated carbocycles. The van der Waals surface area contributed by atoms with Crippen molar-refractivity contribution in [2.45, 2.75) is 19.0 Å². The number of nitrogens with one attached hydrogen (secondary N) is 1. The van der Waals surface area contributed by atoms with Crippen molar-refractivity contribution in [1.29, 1.82) is 0 Å². The lowest BCUT2D eigenvalue weighted by Crippen LogP contribution is -2.41. The molecular weight excluding hydrogens is 188 g/mol. The van der Waals surface area contributed by atoms with Gasteiger partial charge in [0.2, 0.25) is 0 Å². The SMILES string of the molecule is COc1noc2c1CC(C(=O)O)NC2. The van der Waals surface area contributed by atoms with E-state index < -0.39 is 12.0 Å². The molecule has 76 valence electrons. The summed E-state index contributed by atoms with van der Waals surface area (Å²) >= 11 is 0. The monoisotopic (exact) mass is 198 g/mol. The van der Waals surface area contributed by atoms with Gasteiger partial charge in [0.1, 0.15) is 6.04 Å². The summed E-state index contributed by atoms with van der Waals surface area (Å²) in [7, 11) is 1.48. The quantitative estimate of drug-likeness (QED) is 0.683. The van der Waals surface area contributed by atoms with Gasteiger partial charge in [0.15, 0.2) is 5.76 Å². The summed E-state index contributed by atoms with van der Waals surface area (Å²) in [6.07, 6.45) is 0.345. The van der Waals surface area contributed by atoms with Gasteiger partial charge >= 0.3 is 5.97 Å². The molecule has 0 bridgehead atoms. The molecule has 2 heterocycles. The number of carbonyl (C=O) groups is 1. The predicted octanol–water partition coefficient (Wildman–Crippen LogP) is -0.218. The first kappa shape index (κ1) is 9.01. The molecule has 14 heavy (non-hydrogen) atoms. The second-order valence-corrected chi connectivity index (χ2v) is 3.07. The highest BCUT2D eigenvalue weighted by atomic mass is 16.5. The largest absolute Gasteiger partial charge is 0.480 e. The number of hydrogen-bond acceptors (Lipinski definition) is 5. The second-order valence-electron chi connectivity index (χ2n) is 3.07. The average Bonchev–Trinajstić information content (AvgIpc) is 2.59. The molecule has 6 nitrogen and oxygen atoms in total. The van der Waals surface area contributed by atoms with Crippen molar-refractivity contribution < 1.29 is 19.2 Å². The van der Waals surface area contributed by atoms with E-state index in [1.54, 1.807) is 0 Å². The van der Waals surface area contributed by atoms with Gasteiger partial charge in [-0.25, -0.2) is 0 Å². The van der Waals surface area contributed by atoms with Crippen LogP contribution in [0, 0.1) is 0 Å². The Kier molecular flexibility index (Phi) is 2.12. The third-order valence-corrected chi connectivity index (χ3v) is 2.24. The van der Waals surface area contributed by atoms with E-state index in [9.17, 15) is 4.79 Å². The van der Waals surface area contributed by atoms with Gasteiger partial charge in [0.05, 0.1) is 19.2 Å². The van der Waals surface area contributed by atoms with Crippen molar-refractivity contribution in [3.8, 4) is 5.88 Å². The van der Waals surface area contributed by atoms with Crippen LogP contribution < -0.4 is 10.1 Å². The Morgan fingerprint density at radius 1 is 1.79 bits per heavy atom. The summed E-state index contributed by atoms with van der Waals surface area (Å²) in [6, 6.07) is -0.587. The van der Waals surface area contributed by atoms with E-state index >= 15 is 0 Å². The zero-order chi connectivity index (χ0) is 10.1. The van der Waals surface area contributed by atoms with Gasteiger partial charge in [0, 0.05) is 6.42 Å². The summed E-state index contributed by atoms with van der Waals surface area (Å²) in [4.78, 5) is 10.7. The summed E-state index contributed by atoms with van der Waals surface area (Å²) in [5.41, 5.74) is 0.749. The summed E-state index contributed by atoms with van der Waals surface area (Å²) in [5.74, 6) is 0.158. The van der Waals surface area contributed by atoms with Crippen molar-refractivity contribution in [1.82, 2.24) is 10.5 Å². The lowest BCUT2D eigenvalue weighted by atomic mass is 10.0. The smallest absolute Gasteiger partial charge is 0.321 e. The predicted molar refractivity (Wildman–Crippen MR) is 45.0 cm³/mol. The van der Waals surface area contributed by atoms with Gasteiger partial charge < -0.3 is 14.4 Å². The van der Waals surface area contributed by atoms with Gasteiger partial charge in [0.25, 0.3) is 5.88 Å². The van der Waals surface area contributed by atoms with Crippen LogP contribution in [0.25, 0.3) is 0 Å². The van der Waals surface area contributed by atoms with E-state index in [2.05, 4.69) is 10.5 Å². The fraction of sp³-hybridized carbons (Fsp3) is 0.500. The Balaban J connectivity index is 2.27. The Bertz CT molecular complexity index is 347. The minimum atomic E-state index is -0.876. The fourth-order valence-electron chi connectivity index (χ4n) is 1.49. The molecule has 1 aliphatic heterocycles. The van der Waals surface area contributed by atoms with Crippen LogP contribution in [0.15, 0.2) is 4.52 Å². The maximum absolute atomic E-state index is 10.7. The number of nitrogens with zero attached hydrogens (tertiary/aromatic N) is 1. The van der Waals surface area contributed by atoms with Crippen LogP contribution in [0.1, 0.15) is 11.3 Å². The molecule has 1 unspecified atom stereocenters. The van der Waals surface area contributed by atoms with Crippen LogP contribution in [0.3, 0.4) is 0 Å². The Morgan fingerprint density at radius 3 is 3.21 bits per heavy atom. The highest BCUT2D eigenvalue weighted by Crippen LogP contribution is 2.25. The molecule has 1 aliphatic rings. The zero-order valence-electron chi connectivity index (χ0n) is 7.61. The van der Waals surface area contributed by atoms with Crippen molar-refractivity contribution in [2.24, 2.45) is 0 Å². The summed E-state index contributed by atoms with van der Waals surface area (Å²) in [5, 5.41) is 15.3. The number of ether oxygens (including phenoxy) is 1. The number of fused-ring (bicyclic) bond motifs is 1. The molecule has 0 saturated heterocycles. The molecule has 6 heteroatoms. The van der Waals surface area contributed by atoms with Crippen molar-refractivity contribution in [3.05, 3.63) is 11.3 Å². The first-order valence-electron chi connectivity index (χ1n) is 4.20. The van der Waals surface area contributed by atoms with Gasteiger partial charge in [-0.05, 0) is 5.16 Å². The van der Waals surface area contributed by atoms with Gasteiger partial charge in [-0.2, -0.15) is 0 Å². The van der Waals surface area contributed by atoms with Gasteiger partial charge in [-0.1, -0.05) is 0 Å². The highest BCUT2D eigenvalue weighted by molar-refractivity contribution is 5.74. The van der Waals surface area contributed by atoms with E-state index in [-0.39, 0.29) is 0 Å². The van der Waals surface area contributed by atoms with Crippen LogP contribution in [0.4, 0.5) is 0 Å². The van der Waals surface area contributed by atoms with Crippen LogP contribution in [0.2, 0.25) is 0 Å². The number of rotatable bonds is 2. The number of methoxy groups -OCH3 is 1. The molecule has 1 aromatic rings. The van der Waals surface area contributed by atoms with E-state index in [0.29, 0.717) is 24.6 Å². The third-order valence-electron chi connectivity index (χ3n) is 2.24. The number of carboxylic acids is 1. The number of carboxylic acid groups (broad SMARTS) is 1. The lowest BCUT2D eigenvalue weighted by molar-refractivity contribution is -0.139. The summed E-state index contributed by atoms with van der Waals surface area (Å²) < 4.78 is 9.93. The van der Waals surface area contributed by atoms with E-state index in [4.69, 9.17) is 14.4 Å². The molecule has 0 aliphatic carbocycles. The van der Waals surface area contributed by atoms with Gasteiger partial charge in [-0.15, -0.1) is 0 Å². The van der Waals surface area contributed by atoms with Crippen LogP contribution in [-0.4, -0.2) is 29.4 Å². The van der Waals surface area contributed by atoms with Crippen LogP contribution in [-0.2, 0) is 17.8 Å². The van der Waals surface area contributed by atoms with Crippen molar-refractivity contribution >= 4 is 5.97 Å². The van der Waals surface area contributed by atoms with Crippen molar-refractivity contribution in [3.63, 3.8) is 0 Å². The minimum Gasteiger partial charge on any atom is -0.480 e. The Labute approximate surface area is 79.8 Å². The molecule has 1 aromatic heterocycles. The fourth-order valence-corrected chi connectivity index (χ4v) is 1.49. The van der Waals surface area contributed by atoms with Crippen LogP contribution in [0.5, 0.6) is 5.88 Å². The second kappa shape index (κ2) is 3.30. The highest BCUT2D eigenvalue weighted by Gasteiger charge is 2.29. The molecule has 0 spiro atoms. The molecule has 0 radical (unpaired) electrons. The van der Waals surface area contributed by atoms with E-state index in [0.717, 1.165) is 5.56 Å².